The largest absolute Gasteiger partial charge is 0.381 e. The molecular weight excluding hydrogens is 354 g/mol. The summed E-state index contributed by atoms with van der Waals surface area (Å²) >= 11 is 0. The molecule has 0 aliphatic carbocycles. The van der Waals surface area contributed by atoms with Crippen molar-refractivity contribution >= 4 is 15.9 Å². The van der Waals surface area contributed by atoms with Gasteiger partial charge in [-0.05, 0) is 5.56 Å². The first-order valence-corrected chi connectivity index (χ1v) is 10.9. The van der Waals surface area contributed by atoms with Crippen molar-refractivity contribution in [1.82, 2.24) is 14.1 Å². The van der Waals surface area contributed by atoms with Gasteiger partial charge in [0.25, 0.3) is 0 Å². The van der Waals surface area contributed by atoms with Crippen molar-refractivity contribution in [3.8, 4) is 0 Å². The van der Waals surface area contributed by atoms with E-state index >= 15 is 0 Å². The predicted octanol–water partition coefficient (Wildman–Crippen LogP) is 0.481. The fourth-order valence-corrected chi connectivity index (χ4v) is 5.38. The third-order valence-electron chi connectivity index (χ3n) is 5.88. The summed E-state index contributed by atoms with van der Waals surface area (Å²) in [6.45, 7) is 3.05. The van der Waals surface area contributed by atoms with Crippen LogP contribution in [-0.4, -0.2) is 79.2 Å². The Morgan fingerprint density at radius 1 is 1.15 bits per heavy atom. The van der Waals surface area contributed by atoms with E-state index in [9.17, 15) is 13.2 Å². The van der Waals surface area contributed by atoms with Gasteiger partial charge in [-0.3, -0.25) is 9.69 Å². The molecule has 1 amide bonds. The number of hydrogen-bond donors (Lipinski definition) is 0. The number of carbonyl (C=O) groups excluding carboxylic acids is 1. The zero-order valence-corrected chi connectivity index (χ0v) is 15.8. The fraction of sp³-hybridized carbons (Fsp3) is 0.611. The minimum atomic E-state index is -3.30. The molecular formula is C18H25N3O4S. The third-order valence-corrected chi connectivity index (χ3v) is 7.15. The molecule has 3 saturated heterocycles. The first-order valence-electron chi connectivity index (χ1n) is 9.07. The summed E-state index contributed by atoms with van der Waals surface area (Å²) in [4.78, 5) is 17.5. The van der Waals surface area contributed by atoms with Gasteiger partial charge in [-0.2, -0.15) is 4.31 Å². The Morgan fingerprint density at radius 3 is 2.50 bits per heavy atom. The van der Waals surface area contributed by atoms with E-state index in [0.29, 0.717) is 32.8 Å². The molecule has 7 nitrogen and oxygen atoms in total. The second-order valence-electron chi connectivity index (χ2n) is 7.34. The maximum absolute atomic E-state index is 13.3. The molecule has 3 heterocycles. The van der Waals surface area contributed by atoms with Crippen LogP contribution in [0.2, 0.25) is 0 Å². The molecule has 3 aliphatic rings. The first-order chi connectivity index (χ1) is 12.4. The molecule has 0 N–H and O–H groups in total. The summed E-state index contributed by atoms with van der Waals surface area (Å²) in [5.41, 5.74) is 0.728. The normalized spacial score (nSPS) is 27.0. The first kappa shape index (κ1) is 17.9. The van der Waals surface area contributed by atoms with Crippen LogP contribution in [0.3, 0.4) is 0 Å². The van der Waals surface area contributed by atoms with E-state index in [0.717, 1.165) is 18.4 Å². The van der Waals surface area contributed by atoms with Crippen molar-refractivity contribution in [2.75, 3.05) is 39.1 Å². The summed E-state index contributed by atoms with van der Waals surface area (Å²) in [5.74, 6) is 0.0316. The molecule has 0 bridgehead atoms. The highest BCUT2D eigenvalue weighted by Crippen LogP contribution is 2.42. The van der Waals surface area contributed by atoms with Gasteiger partial charge in [0.15, 0.2) is 0 Å². The lowest BCUT2D eigenvalue weighted by molar-refractivity contribution is -0.137. The standard InChI is InChI=1S/C18H25N3O4S/c1-26(23,24)19-9-10-20-16(14-19)17(22)21(13-15-5-3-2-4-6-15)18(20)7-11-25-12-8-18/h2-6,16H,7-14H2,1H3/t16-/m1/s1. The molecule has 1 aromatic carbocycles. The molecule has 1 aromatic rings. The number of hydrogen-bond acceptors (Lipinski definition) is 5. The highest BCUT2D eigenvalue weighted by Gasteiger charge is 2.58. The van der Waals surface area contributed by atoms with Gasteiger partial charge in [0.05, 0.1) is 19.5 Å². The third kappa shape index (κ3) is 2.94. The summed E-state index contributed by atoms with van der Waals surface area (Å²) in [6.07, 6.45) is 2.75. The molecule has 142 valence electrons. The van der Waals surface area contributed by atoms with Gasteiger partial charge in [-0.15, -0.1) is 0 Å². The van der Waals surface area contributed by atoms with Crippen molar-refractivity contribution in [3.05, 3.63) is 35.9 Å². The average Bonchev–Trinajstić information content (AvgIpc) is 2.85. The summed E-state index contributed by atoms with van der Waals surface area (Å²) < 4.78 is 31.0. The summed E-state index contributed by atoms with van der Waals surface area (Å²) in [7, 11) is -3.30. The van der Waals surface area contributed by atoms with Crippen LogP contribution in [0.4, 0.5) is 0 Å². The predicted molar refractivity (Wildman–Crippen MR) is 96.7 cm³/mol. The Labute approximate surface area is 154 Å². The van der Waals surface area contributed by atoms with Gasteiger partial charge in [0.1, 0.15) is 11.7 Å². The van der Waals surface area contributed by atoms with Crippen LogP contribution >= 0.6 is 0 Å². The quantitative estimate of drug-likeness (QED) is 0.764. The Morgan fingerprint density at radius 2 is 1.85 bits per heavy atom. The minimum absolute atomic E-state index is 0.0316. The lowest BCUT2D eigenvalue weighted by Gasteiger charge is -2.48. The van der Waals surface area contributed by atoms with Crippen molar-refractivity contribution < 1.29 is 17.9 Å². The van der Waals surface area contributed by atoms with Gasteiger partial charge in [-0.1, -0.05) is 30.3 Å². The van der Waals surface area contributed by atoms with E-state index in [1.54, 1.807) is 0 Å². The minimum Gasteiger partial charge on any atom is -0.381 e. The average molecular weight is 379 g/mol. The van der Waals surface area contributed by atoms with Crippen molar-refractivity contribution in [1.29, 1.82) is 0 Å². The van der Waals surface area contributed by atoms with E-state index in [2.05, 4.69) is 4.90 Å². The molecule has 26 heavy (non-hydrogen) atoms. The van der Waals surface area contributed by atoms with E-state index < -0.39 is 16.1 Å². The van der Waals surface area contributed by atoms with Crippen LogP contribution in [0.1, 0.15) is 18.4 Å². The summed E-state index contributed by atoms with van der Waals surface area (Å²) in [6, 6.07) is 9.57. The van der Waals surface area contributed by atoms with Crippen LogP contribution in [0, 0.1) is 0 Å². The van der Waals surface area contributed by atoms with Crippen LogP contribution in [0.5, 0.6) is 0 Å². The topological polar surface area (TPSA) is 70.2 Å². The Balaban J connectivity index is 1.67. The molecule has 0 unspecified atom stereocenters. The second-order valence-corrected chi connectivity index (χ2v) is 9.32. The molecule has 1 spiro atoms. The van der Waals surface area contributed by atoms with Gasteiger partial charge in [-0.25, -0.2) is 8.42 Å². The van der Waals surface area contributed by atoms with Crippen LogP contribution in [0.25, 0.3) is 0 Å². The molecule has 3 fully saturated rings. The highest BCUT2D eigenvalue weighted by molar-refractivity contribution is 7.88. The number of benzene rings is 1. The van der Waals surface area contributed by atoms with Crippen LogP contribution in [-0.2, 0) is 26.1 Å². The van der Waals surface area contributed by atoms with Crippen molar-refractivity contribution in [3.63, 3.8) is 0 Å². The zero-order valence-electron chi connectivity index (χ0n) is 15.0. The molecule has 8 heteroatoms. The number of amides is 1. The number of ether oxygens (including phenoxy) is 1. The highest BCUT2D eigenvalue weighted by atomic mass is 32.2. The molecule has 3 aliphatic heterocycles. The molecule has 0 aromatic heterocycles. The Kier molecular flexibility index (Phi) is 4.54. The molecule has 4 rings (SSSR count). The van der Waals surface area contributed by atoms with E-state index in [1.807, 2.05) is 35.2 Å². The van der Waals surface area contributed by atoms with Crippen LogP contribution < -0.4 is 0 Å². The Hall–Kier alpha value is -1.48. The smallest absolute Gasteiger partial charge is 0.243 e. The van der Waals surface area contributed by atoms with Gasteiger partial charge >= 0.3 is 0 Å². The lowest BCUT2D eigenvalue weighted by Crippen LogP contribution is -2.62. The second kappa shape index (κ2) is 6.60. The maximum atomic E-state index is 13.3. The molecule has 0 saturated carbocycles. The van der Waals surface area contributed by atoms with Crippen molar-refractivity contribution in [2.24, 2.45) is 0 Å². The van der Waals surface area contributed by atoms with E-state index in [4.69, 9.17) is 4.74 Å². The molecule has 1 atom stereocenters. The van der Waals surface area contributed by atoms with Crippen LogP contribution in [0.15, 0.2) is 30.3 Å². The fourth-order valence-electron chi connectivity index (χ4n) is 4.56. The van der Waals surface area contributed by atoms with Crippen molar-refractivity contribution in [2.45, 2.75) is 31.1 Å². The van der Waals surface area contributed by atoms with E-state index in [-0.39, 0.29) is 18.1 Å². The number of carbonyl (C=O) groups is 1. The molecule has 0 radical (unpaired) electrons. The number of fused-ring (bicyclic) bond motifs is 2. The monoisotopic (exact) mass is 379 g/mol. The number of nitrogens with zero attached hydrogens (tertiary/aromatic N) is 3. The lowest BCUT2D eigenvalue weighted by atomic mass is 9.96. The van der Waals surface area contributed by atoms with Gasteiger partial charge in [0, 0.05) is 39.0 Å². The Bertz CT molecular complexity index is 777. The number of sulfonamides is 1. The summed E-state index contributed by atoms with van der Waals surface area (Å²) in [5, 5.41) is 0. The van der Waals surface area contributed by atoms with E-state index in [1.165, 1.54) is 10.6 Å². The maximum Gasteiger partial charge on any atom is 0.243 e. The van der Waals surface area contributed by atoms with Gasteiger partial charge < -0.3 is 9.64 Å². The SMILES string of the molecule is CS(=O)(=O)N1CCN2[C@H](C1)C(=O)N(Cc1ccccc1)C21CCOCC1. The number of piperazine rings is 1. The number of rotatable bonds is 3. The zero-order chi connectivity index (χ0) is 18.4. The van der Waals surface area contributed by atoms with Gasteiger partial charge in [0.2, 0.25) is 15.9 Å².